The fraction of sp³-hybridized carbons (Fsp3) is 0.0870. The van der Waals surface area contributed by atoms with Gasteiger partial charge in [-0.15, -0.1) is 0 Å². The van der Waals surface area contributed by atoms with Crippen molar-refractivity contribution in [1.29, 1.82) is 0 Å². The molecule has 8 heteroatoms. The van der Waals surface area contributed by atoms with Crippen molar-refractivity contribution in [1.82, 2.24) is 9.97 Å². The second-order valence-corrected chi connectivity index (χ2v) is 8.67. The smallest absolute Gasteiger partial charge is 0.284 e. The van der Waals surface area contributed by atoms with Crippen molar-refractivity contribution in [2.45, 2.75) is 11.8 Å². The minimum atomic E-state index is -4.00. The SMILES string of the molecule is COc1ccc(-c2cccc3c2S(=O)(=O)N=C3c2nc(C)c3ccccc3c2O)cn1. The lowest BCUT2D eigenvalue weighted by Crippen LogP contribution is -2.06. The predicted molar refractivity (Wildman–Crippen MR) is 117 cm³/mol. The molecule has 0 aliphatic carbocycles. The van der Waals surface area contributed by atoms with Crippen molar-refractivity contribution in [3.63, 3.8) is 0 Å². The monoisotopic (exact) mass is 431 g/mol. The second-order valence-electron chi connectivity index (χ2n) is 7.13. The number of ether oxygens (including phenoxy) is 1. The third kappa shape index (κ3) is 2.95. The molecule has 1 aliphatic rings. The zero-order valence-electron chi connectivity index (χ0n) is 16.7. The second kappa shape index (κ2) is 6.88. The number of aromatic hydroxyl groups is 1. The van der Waals surface area contributed by atoms with Crippen LogP contribution in [0.1, 0.15) is 17.0 Å². The van der Waals surface area contributed by atoms with Gasteiger partial charge in [-0.1, -0.05) is 42.5 Å². The van der Waals surface area contributed by atoms with E-state index in [2.05, 4.69) is 14.4 Å². The van der Waals surface area contributed by atoms with E-state index >= 15 is 0 Å². The quantitative estimate of drug-likeness (QED) is 0.529. The lowest BCUT2D eigenvalue weighted by atomic mass is 9.98. The van der Waals surface area contributed by atoms with Crippen LogP contribution in [0, 0.1) is 6.92 Å². The molecule has 0 unspecified atom stereocenters. The Morgan fingerprint density at radius 3 is 2.39 bits per heavy atom. The summed E-state index contributed by atoms with van der Waals surface area (Å²) in [6.45, 7) is 1.82. The largest absolute Gasteiger partial charge is 0.505 e. The normalized spacial score (nSPS) is 14.3. The molecule has 0 spiro atoms. The molecule has 7 nitrogen and oxygen atoms in total. The van der Waals surface area contributed by atoms with E-state index < -0.39 is 10.0 Å². The molecular weight excluding hydrogens is 414 g/mol. The molecule has 31 heavy (non-hydrogen) atoms. The van der Waals surface area contributed by atoms with Crippen LogP contribution in [0.4, 0.5) is 0 Å². The molecular formula is C23H17N3O4S. The Morgan fingerprint density at radius 1 is 0.935 bits per heavy atom. The van der Waals surface area contributed by atoms with Crippen LogP contribution < -0.4 is 4.74 Å². The van der Waals surface area contributed by atoms with Crippen LogP contribution in [-0.2, 0) is 10.0 Å². The summed E-state index contributed by atoms with van der Waals surface area (Å²) in [5.41, 5.74) is 2.43. The topological polar surface area (TPSA) is 102 Å². The molecule has 0 radical (unpaired) electrons. The van der Waals surface area contributed by atoms with E-state index in [0.29, 0.717) is 33.7 Å². The molecule has 0 atom stereocenters. The molecule has 4 aromatic rings. The van der Waals surface area contributed by atoms with Crippen molar-refractivity contribution < 1.29 is 18.3 Å². The van der Waals surface area contributed by atoms with Gasteiger partial charge in [-0.3, -0.25) is 0 Å². The van der Waals surface area contributed by atoms with E-state index in [0.717, 1.165) is 5.39 Å². The van der Waals surface area contributed by atoms with Gasteiger partial charge in [0.1, 0.15) is 16.3 Å². The van der Waals surface area contributed by atoms with E-state index in [1.807, 2.05) is 19.1 Å². The minimum absolute atomic E-state index is 0.0731. The summed E-state index contributed by atoms with van der Waals surface area (Å²) < 4.78 is 35.2. The number of pyridine rings is 2. The molecule has 154 valence electrons. The summed E-state index contributed by atoms with van der Waals surface area (Å²) in [5.74, 6) is 0.330. The first kappa shape index (κ1) is 19.2. The van der Waals surface area contributed by atoms with E-state index in [4.69, 9.17) is 4.74 Å². The summed E-state index contributed by atoms with van der Waals surface area (Å²) in [6.07, 6.45) is 1.55. The van der Waals surface area contributed by atoms with Gasteiger partial charge in [-0.05, 0) is 13.0 Å². The number of fused-ring (bicyclic) bond motifs is 2. The Hall–Kier alpha value is -3.78. The molecule has 5 rings (SSSR count). The van der Waals surface area contributed by atoms with E-state index in [1.54, 1.807) is 48.7 Å². The first-order valence-electron chi connectivity index (χ1n) is 9.48. The zero-order chi connectivity index (χ0) is 21.8. The fourth-order valence-corrected chi connectivity index (χ4v) is 5.28. The number of nitrogens with zero attached hydrogens (tertiary/aromatic N) is 3. The highest BCUT2D eigenvalue weighted by atomic mass is 32.2. The Morgan fingerprint density at radius 2 is 1.68 bits per heavy atom. The van der Waals surface area contributed by atoms with Crippen LogP contribution >= 0.6 is 0 Å². The lowest BCUT2D eigenvalue weighted by Gasteiger charge is -2.11. The zero-order valence-corrected chi connectivity index (χ0v) is 17.5. The highest BCUT2D eigenvalue weighted by Gasteiger charge is 2.35. The van der Waals surface area contributed by atoms with Crippen molar-refractivity contribution in [3.8, 4) is 22.8 Å². The molecule has 0 amide bonds. The van der Waals surface area contributed by atoms with Gasteiger partial charge in [-0.2, -0.15) is 12.8 Å². The fourth-order valence-electron chi connectivity index (χ4n) is 3.85. The number of methoxy groups -OCH3 is 1. The first-order valence-corrected chi connectivity index (χ1v) is 10.9. The number of hydrogen-bond acceptors (Lipinski definition) is 6. The molecule has 3 heterocycles. The third-order valence-corrected chi connectivity index (χ3v) is 6.67. The highest BCUT2D eigenvalue weighted by Crippen LogP contribution is 2.40. The number of aryl methyl sites for hydroxylation is 1. The molecule has 1 N–H and O–H groups in total. The van der Waals surface area contributed by atoms with E-state index in [-0.39, 0.29) is 22.1 Å². The lowest BCUT2D eigenvalue weighted by molar-refractivity contribution is 0.398. The average Bonchev–Trinajstić information content (AvgIpc) is 3.07. The van der Waals surface area contributed by atoms with Crippen molar-refractivity contribution >= 4 is 26.5 Å². The summed E-state index contributed by atoms with van der Waals surface area (Å²) in [7, 11) is -2.49. The molecule has 2 aromatic carbocycles. The Balaban J connectivity index is 1.75. The van der Waals surface area contributed by atoms with Gasteiger partial charge in [0, 0.05) is 45.4 Å². The minimum Gasteiger partial charge on any atom is -0.505 e. The Labute approximate surface area is 178 Å². The van der Waals surface area contributed by atoms with Crippen LogP contribution in [0.15, 0.2) is 70.1 Å². The maximum absolute atomic E-state index is 13.1. The van der Waals surface area contributed by atoms with Gasteiger partial charge in [0.05, 0.1) is 7.11 Å². The van der Waals surface area contributed by atoms with Crippen LogP contribution in [0.25, 0.3) is 21.9 Å². The maximum Gasteiger partial charge on any atom is 0.284 e. The Bertz CT molecular complexity index is 1490. The number of hydrogen-bond donors (Lipinski definition) is 1. The predicted octanol–water partition coefficient (Wildman–Crippen LogP) is 3.86. The summed E-state index contributed by atoms with van der Waals surface area (Å²) in [5, 5.41) is 12.3. The number of rotatable bonds is 3. The third-order valence-electron chi connectivity index (χ3n) is 5.30. The summed E-state index contributed by atoms with van der Waals surface area (Å²) >= 11 is 0. The average molecular weight is 431 g/mol. The van der Waals surface area contributed by atoms with Gasteiger partial charge in [0.15, 0.2) is 5.75 Å². The summed E-state index contributed by atoms with van der Waals surface area (Å²) in [6, 6.07) is 15.8. The van der Waals surface area contributed by atoms with Gasteiger partial charge in [0.2, 0.25) is 5.88 Å². The van der Waals surface area contributed by atoms with Gasteiger partial charge < -0.3 is 9.84 Å². The van der Waals surface area contributed by atoms with Crippen LogP contribution in [0.3, 0.4) is 0 Å². The molecule has 0 saturated heterocycles. The molecule has 1 aliphatic heterocycles. The standard InChI is InChI=1S/C23H17N3O4S/c1-13-15-6-3-4-7-17(15)22(27)21(25-13)20-18-9-5-8-16(23(18)31(28,29)26-20)14-10-11-19(30-2)24-12-14/h3-12,27H,1-2H3. The Kier molecular flexibility index (Phi) is 4.26. The van der Waals surface area contributed by atoms with Crippen LogP contribution in [0.5, 0.6) is 11.6 Å². The molecule has 0 bridgehead atoms. The maximum atomic E-state index is 13.1. The molecule has 2 aromatic heterocycles. The van der Waals surface area contributed by atoms with Crippen molar-refractivity contribution in [3.05, 3.63) is 77.7 Å². The highest BCUT2D eigenvalue weighted by molar-refractivity contribution is 7.91. The van der Waals surface area contributed by atoms with Crippen molar-refractivity contribution in [2.24, 2.45) is 4.40 Å². The van der Waals surface area contributed by atoms with Crippen molar-refractivity contribution in [2.75, 3.05) is 7.11 Å². The first-order chi connectivity index (χ1) is 14.9. The molecule has 0 fully saturated rings. The van der Waals surface area contributed by atoms with Gasteiger partial charge in [-0.25, -0.2) is 9.97 Å². The summed E-state index contributed by atoms with van der Waals surface area (Å²) in [4.78, 5) is 8.75. The van der Waals surface area contributed by atoms with E-state index in [9.17, 15) is 13.5 Å². The number of sulfonamides is 1. The molecule has 0 saturated carbocycles. The number of aromatic nitrogens is 2. The van der Waals surface area contributed by atoms with Gasteiger partial charge in [0.25, 0.3) is 10.0 Å². The van der Waals surface area contributed by atoms with Crippen LogP contribution in [0.2, 0.25) is 0 Å². The number of benzene rings is 2. The van der Waals surface area contributed by atoms with E-state index in [1.165, 1.54) is 7.11 Å². The van der Waals surface area contributed by atoms with Gasteiger partial charge >= 0.3 is 0 Å². The van der Waals surface area contributed by atoms with Crippen LogP contribution in [-0.4, -0.2) is 36.3 Å².